The van der Waals surface area contributed by atoms with E-state index in [9.17, 15) is 9.59 Å². The number of hydrogen-bond donors (Lipinski definition) is 2. The van der Waals surface area contributed by atoms with Crippen molar-refractivity contribution in [2.75, 3.05) is 6.61 Å². The molecule has 2 aromatic rings. The van der Waals surface area contributed by atoms with E-state index in [-0.39, 0.29) is 5.91 Å². The van der Waals surface area contributed by atoms with Crippen molar-refractivity contribution in [3.8, 4) is 16.9 Å². The van der Waals surface area contributed by atoms with Crippen LogP contribution in [0.15, 0.2) is 42.5 Å². The van der Waals surface area contributed by atoms with Crippen LogP contribution in [0.25, 0.3) is 11.1 Å². The lowest BCUT2D eigenvalue weighted by molar-refractivity contribution is -0.125. The lowest BCUT2D eigenvalue weighted by Crippen LogP contribution is -2.58. The molecule has 0 saturated heterocycles. The minimum atomic E-state index is -0.920. The number of primary amides is 1. The molecule has 2 aliphatic rings. The molecule has 0 spiro atoms. The first kappa shape index (κ1) is 17.6. The first-order valence-electron chi connectivity index (χ1n) is 9.56. The summed E-state index contributed by atoms with van der Waals surface area (Å²) in [7, 11) is 0. The van der Waals surface area contributed by atoms with E-state index in [1.54, 1.807) is 6.07 Å². The van der Waals surface area contributed by atoms with Crippen LogP contribution in [0.1, 0.15) is 48.0 Å². The van der Waals surface area contributed by atoms with E-state index in [1.807, 2.05) is 30.3 Å². The van der Waals surface area contributed by atoms with Crippen LogP contribution >= 0.6 is 0 Å². The maximum absolute atomic E-state index is 12.9. The molecule has 4 rings (SSSR count). The summed E-state index contributed by atoms with van der Waals surface area (Å²) in [6.45, 7) is 0.719. The molecule has 1 fully saturated rings. The normalized spacial score (nSPS) is 17.6. The summed E-state index contributed by atoms with van der Waals surface area (Å²) < 4.78 is 5.56. The summed E-state index contributed by atoms with van der Waals surface area (Å²) in [6.07, 6.45) is 5.00. The number of rotatable bonds is 4. The molecule has 0 unspecified atom stereocenters. The Balaban J connectivity index is 1.58. The molecule has 2 amide bonds. The van der Waals surface area contributed by atoms with E-state index in [4.69, 9.17) is 10.5 Å². The fourth-order valence-electron chi connectivity index (χ4n) is 4.08. The Labute approximate surface area is 158 Å². The molecule has 3 N–H and O–H groups in total. The molecule has 0 bridgehead atoms. The average molecular weight is 364 g/mol. The van der Waals surface area contributed by atoms with Gasteiger partial charge in [0, 0.05) is 12.0 Å². The van der Waals surface area contributed by atoms with Gasteiger partial charge >= 0.3 is 0 Å². The minimum Gasteiger partial charge on any atom is -0.493 e. The predicted octanol–water partition coefficient (Wildman–Crippen LogP) is 3.21. The van der Waals surface area contributed by atoms with Gasteiger partial charge in [-0.15, -0.1) is 0 Å². The lowest BCUT2D eigenvalue weighted by Gasteiger charge is -2.35. The second kappa shape index (κ2) is 7.06. The molecule has 2 aromatic carbocycles. The van der Waals surface area contributed by atoms with E-state index in [0.717, 1.165) is 49.2 Å². The fourth-order valence-corrected chi connectivity index (χ4v) is 4.08. The maximum atomic E-state index is 12.9. The Bertz CT molecular complexity index is 885. The largest absolute Gasteiger partial charge is 0.493 e. The topological polar surface area (TPSA) is 81.4 Å². The Morgan fingerprint density at radius 2 is 1.78 bits per heavy atom. The Kier molecular flexibility index (Phi) is 4.60. The molecule has 1 aliphatic heterocycles. The van der Waals surface area contributed by atoms with Crippen molar-refractivity contribution in [1.82, 2.24) is 5.32 Å². The van der Waals surface area contributed by atoms with Gasteiger partial charge < -0.3 is 15.8 Å². The summed E-state index contributed by atoms with van der Waals surface area (Å²) in [5.41, 5.74) is 8.46. The van der Waals surface area contributed by atoms with Crippen LogP contribution in [0.4, 0.5) is 0 Å². The number of nitrogens with one attached hydrogen (secondary N) is 1. The van der Waals surface area contributed by atoms with Crippen molar-refractivity contribution >= 4 is 11.8 Å². The number of ether oxygens (including phenoxy) is 1. The van der Waals surface area contributed by atoms with Gasteiger partial charge in [-0.1, -0.05) is 37.5 Å². The molecule has 0 atom stereocenters. The van der Waals surface area contributed by atoms with Crippen molar-refractivity contribution in [2.45, 2.75) is 44.1 Å². The summed E-state index contributed by atoms with van der Waals surface area (Å²) in [5.74, 6) is 0.251. The van der Waals surface area contributed by atoms with Gasteiger partial charge in [0.1, 0.15) is 11.3 Å². The monoisotopic (exact) mass is 364 g/mol. The van der Waals surface area contributed by atoms with E-state index < -0.39 is 11.4 Å². The van der Waals surface area contributed by atoms with Crippen LogP contribution in [-0.2, 0) is 11.2 Å². The third kappa shape index (κ3) is 3.42. The van der Waals surface area contributed by atoms with Gasteiger partial charge in [0.2, 0.25) is 5.91 Å². The summed E-state index contributed by atoms with van der Waals surface area (Å²) in [4.78, 5) is 24.9. The number of fused-ring (bicyclic) bond motifs is 1. The van der Waals surface area contributed by atoms with Gasteiger partial charge in [-0.3, -0.25) is 9.59 Å². The van der Waals surface area contributed by atoms with Crippen LogP contribution in [0.2, 0.25) is 0 Å². The average Bonchev–Trinajstić information content (AvgIpc) is 3.16. The van der Waals surface area contributed by atoms with Crippen LogP contribution in [-0.4, -0.2) is 24.0 Å². The molecule has 0 aromatic heterocycles. The number of amides is 2. The predicted molar refractivity (Wildman–Crippen MR) is 104 cm³/mol. The first-order chi connectivity index (χ1) is 13.1. The molecular weight excluding hydrogens is 340 g/mol. The number of carbonyl (C=O) groups is 2. The molecule has 27 heavy (non-hydrogen) atoms. The van der Waals surface area contributed by atoms with Crippen molar-refractivity contribution < 1.29 is 14.3 Å². The lowest BCUT2D eigenvalue weighted by atomic mass is 9.81. The van der Waals surface area contributed by atoms with Gasteiger partial charge in [0.25, 0.3) is 5.91 Å². The smallest absolute Gasteiger partial charge is 0.252 e. The van der Waals surface area contributed by atoms with Crippen molar-refractivity contribution in [3.05, 3.63) is 53.6 Å². The van der Waals surface area contributed by atoms with E-state index >= 15 is 0 Å². The second-order valence-electron chi connectivity index (χ2n) is 7.46. The third-order valence-electron chi connectivity index (χ3n) is 5.68. The molecular formula is C22H24N2O3. The van der Waals surface area contributed by atoms with Crippen molar-refractivity contribution in [3.63, 3.8) is 0 Å². The highest BCUT2D eigenvalue weighted by molar-refractivity contribution is 5.99. The number of carbonyl (C=O) groups excluding carboxylic acids is 2. The highest BCUT2D eigenvalue weighted by Crippen LogP contribution is 2.31. The van der Waals surface area contributed by atoms with Crippen LogP contribution in [0, 0.1) is 0 Å². The van der Waals surface area contributed by atoms with Crippen LogP contribution < -0.4 is 15.8 Å². The zero-order chi connectivity index (χ0) is 18.9. The number of hydrogen-bond acceptors (Lipinski definition) is 3. The van der Waals surface area contributed by atoms with Crippen molar-refractivity contribution in [1.29, 1.82) is 0 Å². The number of benzene rings is 2. The van der Waals surface area contributed by atoms with Crippen LogP contribution in [0.3, 0.4) is 0 Å². The maximum Gasteiger partial charge on any atom is 0.252 e. The van der Waals surface area contributed by atoms with Gasteiger partial charge in [-0.05, 0) is 53.8 Å². The molecule has 5 nitrogen and oxygen atoms in total. The second-order valence-corrected chi connectivity index (χ2v) is 7.46. The molecule has 5 heteroatoms. The van der Waals surface area contributed by atoms with E-state index in [0.29, 0.717) is 18.4 Å². The molecule has 1 aliphatic carbocycles. The fraction of sp³-hybridized carbons (Fsp3) is 0.364. The Hall–Kier alpha value is -2.82. The molecule has 1 heterocycles. The van der Waals surface area contributed by atoms with Gasteiger partial charge in [-0.25, -0.2) is 0 Å². The number of nitrogens with two attached hydrogens (primary N) is 1. The summed E-state index contributed by atoms with van der Waals surface area (Å²) >= 11 is 0. The molecule has 0 radical (unpaired) electrons. The highest BCUT2D eigenvalue weighted by Gasteiger charge is 2.39. The zero-order valence-electron chi connectivity index (χ0n) is 15.3. The quantitative estimate of drug-likeness (QED) is 0.874. The Morgan fingerprint density at radius 1 is 1.00 bits per heavy atom. The van der Waals surface area contributed by atoms with Gasteiger partial charge in [-0.2, -0.15) is 0 Å². The minimum absolute atomic E-state index is 0.248. The molecule has 1 saturated carbocycles. The Morgan fingerprint density at radius 3 is 2.56 bits per heavy atom. The van der Waals surface area contributed by atoms with Crippen LogP contribution in [0.5, 0.6) is 5.75 Å². The van der Waals surface area contributed by atoms with Gasteiger partial charge in [0.05, 0.1) is 6.61 Å². The zero-order valence-corrected chi connectivity index (χ0v) is 15.3. The first-order valence-corrected chi connectivity index (χ1v) is 9.56. The summed E-state index contributed by atoms with van der Waals surface area (Å²) in [6, 6.07) is 13.6. The summed E-state index contributed by atoms with van der Waals surface area (Å²) in [5, 5.41) is 2.93. The van der Waals surface area contributed by atoms with E-state index in [2.05, 4.69) is 11.4 Å². The highest BCUT2D eigenvalue weighted by atomic mass is 16.5. The van der Waals surface area contributed by atoms with Gasteiger partial charge in [0.15, 0.2) is 0 Å². The third-order valence-corrected chi connectivity index (χ3v) is 5.68. The van der Waals surface area contributed by atoms with Crippen molar-refractivity contribution in [2.24, 2.45) is 5.73 Å². The standard InChI is InChI=1S/C22H24N2O3/c23-21(26)22(10-2-1-3-11-22)24-20(25)18-6-4-5-15(14-18)16-7-8-19-17(13-16)9-12-27-19/h4-8,13-14H,1-3,9-12H2,(H2,23,26)(H,24,25). The SMILES string of the molecule is NC(=O)C1(NC(=O)c2cccc(-c3ccc4c(c3)CCO4)c2)CCCCC1. The van der Waals surface area contributed by atoms with E-state index in [1.165, 1.54) is 5.56 Å². The molecule has 140 valence electrons.